The second-order valence-electron chi connectivity index (χ2n) is 4.26. The van der Waals surface area contributed by atoms with Gasteiger partial charge >= 0.3 is 6.16 Å². The molecular formula is C13H12O4. The zero-order chi connectivity index (χ0) is 11.9. The Morgan fingerprint density at radius 2 is 1.94 bits per heavy atom. The normalized spacial score (nSPS) is 20.3. The molecular weight excluding hydrogens is 220 g/mol. The molecule has 0 amide bonds. The summed E-state index contributed by atoms with van der Waals surface area (Å²) in [5.74, 6) is 1.34. The zero-order valence-electron chi connectivity index (χ0n) is 9.43. The van der Waals surface area contributed by atoms with Gasteiger partial charge in [-0.15, -0.1) is 0 Å². The van der Waals surface area contributed by atoms with Crippen LogP contribution in [0.5, 0.6) is 5.75 Å². The van der Waals surface area contributed by atoms with Crippen molar-refractivity contribution in [2.45, 2.75) is 18.4 Å². The van der Waals surface area contributed by atoms with Gasteiger partial charge in [0, 0.05) is 11.6 Å². The molecule has 0 radical (unpaired) electrons. The molecule has 1 heterocycles. The number of cyclic esters (lactones) is 1. The van der Waals surface area contributed by atoms with Gasteiger partial charge in [-0.1, -0.05) is 0 Å². The molecule has 0 bridgehead atoms. The molecule has 1 aromatic rings. The number of ether oxygens (including phenoxy) is 3. The Bertz CT molecular complexity index is 483. The van der Waals surface area contributed by atoms with Crippen molar-refractivity contribution >= 4 is 11.9 Å². The highest BCUT2D eigenvalue weighted by Crippen LogP contribution is 2.45. The molecule has 1 aliphatic carbocycles. The van der Waals surface area contributed by atoms with Crippen LogP contribution in [0.2, 0.25) is 0 Å². The van der Waals surface area contributed by atoms with Gasteiger partial charge in [0.1, 0.15) is 17.1 Å². The van der Waals surface area contributed by atoms with Gasteiger partial charge in [0.25, 0.3) is 0 Å². The molecule has 0 N–H and O–H groups in total. The van der Waals surface area contributed by atoms with Crippen molar-refractivity contribution in [2.75, 3.05) is 7.11 Å². The summed E-state index contributed by atoms with van der Waals surface area (Å²) in [6.07, 6.45) is 3.02. The average Bonchev–Trinajstić information content (AvgIpc) is 3.07. The standard InChI is InChI=1S/C13H12O4/c1-15-10-4-2-9(3-5-10)11-8-13(6-7-13)17-12(14)16-11/h2-5,8H,6-7H2,1H3. The molecule has 0 aromatic heterocycles. The SMILES string of the molecule is COc1ccc(C2=CC3(CC3)OC(=O)O2)cc1. The van der Waals surface area contributed by atoms with Crippen LogP contribution in [0.25, 0.3) is 5.76 Å². The highest BCUT2D eigenvalue weighted by molar-refractivity contribution is 5.77. The maximum atomic E-state index is 11.3. The van der Waals surface area contributed by atoms with E-state index in [9.17, 15) is 4.79 Å². The van der Waals surface area contributed by atoms with Gasteiger partial charge in [-0.25, -0.2) is 4.79 Å². The third-order valence-corrected chi connectivity index (χ3v) is 2.99. The van der Waals surface area contributed by atoms with E-state index in [2.05, 4.69) is 0 Å². The number of hydrogen-bond donors (Lipinski definition) is 0. The first kappa shape index (κ1) is 10.2. The third kappa shape index (κ3) is 1.86. The van der Waals surface area contributed by atoms with E-state index in [4.69, 9.17) is 14.2 Å². The minimum absolute atomic E-state index is 0.398. The van der Waals surface area contributed by atoms with Crippen LogP contribution < -0.4 is 4.74 Å². The lowest BCUT2D eigenvalue weighted by Crippen LogP contribution is -2.23. The van der Waals surface area contributed by atoms with E-state index in [1.165, 1.54) is 0 Å². The van der Waals surface area contributed by atoms with Crippen molar-refractivity contribution in [3.05, 3.63) is 35.9 Å². The Balaban J connectivity index is 1.92. The van der Waals surface area contributed by atoms with E-state index in [1.807, 2.05) is 30.3 Å². The monoisotopic (exact) mass is 232 g/mol. The Kier molecular flexibility index (Phi) is 2.11. The topological polar surface area (TPSA) is 44.8 Å². The lowest BCUT2D eigenvalue weighted by atomic mass is 10.1. The van der Waals surface area contributed by atoms with E-state index in [-0.39, 0.29) is 0 Å². The number of rotatable bonds is 2. The van der Waals surface area contributed by atoms with Crippen molar-refractivity contribution in [2.24, 2.45) is 0 Å². The predicted molar refractivity (Wildman–Crippen MR) is 60.5 cm³/mol. The number of benzene rings is 1. The van der Waals surface area contributed by atoms with Crippen LogP contribution >= 0.6 is 0 Å². The van der Waals surface area contributed by atoms with Crippen LogP contribution in [-0.2, 0) is 9.47 Å². The van der Waals surface area contributed by atoms with E-state index in [0.717, 1.165) is 24.2 Å². The van der Waals surface area contributed by atoms with Crippen LogP contribution in [0.4, 0.5) is 4.79 Å². The fraction of sp³-hybridized carbons (Fsp3) is 0.308. The number of hydrogen-bond acceptors (Lipinski definition) is 4. The van der Waals surface area contributed by atoms with Gasteiger partial charge in [0.2, 0.25) is 0 Å². The van der Waals surface area contributed by atoms with Crippen molar-refractivity contribution in [3.63, 3.8) is 0 Å². The maximum Gasteiger partial charge on any atom is 0.514 e. The van der Waals surface area contributed by atoms with Crippen LogP contribution in [0, 0.1) is 0 Å². The fourth-order valence-electron chi connectivity index (χ4n) is 1.84. The number of methoxy groups -OCH3 is 1. The Labute approximate surface area is 98.8 Å². The summed E-state index contributed by atoms with van der Waals surface area (Å²) in [4.78, 5) is 11.3. The molecule has 0 saturated heterocycles. The highest BCUT2D eigenvalue weighted by Gasteiger charge is 2.49. The Morgan fingerprint density at radius 1 is 1.24 bits per heavy atom. The third-order valence-electron chi connectivity index (χ3n) is 2.99. The second-order valence-corrected chi connectivity index (χ2v) is 4.26. The summed E-state index contributed by atoms with van der Waals surface area (Å²) in [6, 6.07) is 7.39. The van der Waals surface area contributed by atoms with Crippen molar-refractivity contribution in [1.29, 1.82) is 0 Å². The van der Waals surface area contributed by atoms with Gasteiger partial charge < -0.3 is 14.2 Å². The van der Waals surface area contributed by atoms with Crippen molar-refractivity contribution in [1.82, 2.24) is 0 Å². The van der Waals surface area contributed by atoms with Crippen LogP contribution in [-0.4, -0.2) is 18.9 Å². The first-order chi connectivity index (χ1) is 8.21. The van der Waals surface area contributed by atoms with E-state index < -0.39 is 11.8 Å². The molecule has 4 heteroatoms. The molecule has 88 valence electrons. The highest BCUT2D eigenvalue weighted by atomic mass is 16.7. The van der Waals surface area contributed by atoms with Gasteiger partial charge in [0.15, 0.2) is 0 Å². The molecule has 4 nitrogen and oxygen atoms in total. The minimum atomic E-state index is -0.615. The average molecular weight is 232 g/mol. The minimum Gasteiger partial charge on any atom is -0.497 e. The zero-order valence-corrected chi connectivity index (χ0v) is 9.43. The van der Waals surface area contributed by atoms with E-state index in [1.54, 1.807) is 7.11 Å². The number of carbonyl (C=O) groups excluding carboxylic acids is 1. The largest absolute Gasteiger partial charge is 0.514 e. The first-order valence-electron chi connectivity index (χ1n) is 5.49. The lowest BCUT2D eigenvalue weighted by Gasteiger charge is -2.20. The molecule has 1 aromatic carbocycles. The summed E-state index contributed by atoms with van der Waals surface area (Å²) in [7, 11) is 1.61. The smallest absolute Gasteiger partial charge is 0.497 e. The molecule has 0 unspecified atom stereocenters. The van der Waals surface area contributed by atoms with Gasteiger partial charge in [-0.05, 0) is 37.1 Å². The van der Waals surface area contributed by atoms with Crippen LogP contribution in [0.1, 0.15) is 18.4 Å². The molecule has 1 saturated carbocycles. The van der Waals surface area contributed by atoms with E-state index >= 15 is 0 Å². The molecule has 2 aliphatic rings. The molecule has 1 spiro atoms. The molecule has 3 rings (SSSR count). The van der Waals surface area contributed by atoms with Gasteiger partial charge in [-0.2, -0.15) is 0 Å². The van der Waals surface area contributed by atoms with E-state index in [0.29, 0.717) is 5.76 Å². The second kappa shape index (κ2) is 3.52. The molecule has 1 fully saturated rings. The van der Waals surface area contributed by atoms with Crippen molar-refractivity contribution < 1.29 is 19.0 Å². The summed E-state index contributed by atoms with van der Waals surface area (Å²) in [5.41, 5.74) is 0.457. The lowest BCUT2D eigenvalue weighted by molar-refractivity contribution is 0.0465. The Hall–Kier alpha value is -1.97. The summed E-state index contributed by atoms with van der Waals surface area (Å²) >= 11 is 0. The fourth-order valence-corrected chi connectivity index (χ4v) is 1.84. The molecule has 0 atom stereocenters. The quantitative estimate of drug-likeness (QED) is 0.735. The van der Waals surface area contributed by atoms with Crippen LogP contribution in [0.15, 0.2) is 30.3 Å². The summed E-state index contributed by atoms with van der Waals surface area (Å²) in [5, 5.41) is 0. The predicted octanol–water partition coefficient (Wildman–Crippen LogP) is 2.74. The Morgan fingerprint density at radius 3 is 2.53 bits per heavy atom. The van der Waals surface area contributed by atoms with Gasteiger partial charge in [-0.3, -0.25) is 0 Å². The summed E-state index contributed by atoms with van der Waals surface area (Å²) in [6.45, 7) is 0. The molecule has 17 heavy (non-hydrogen) atoms. The van der Waals surface area contributed by atoms with Gasteiger partial charge in [0.05, 0.1) is 7.11 Å². The maximum absolute atomic E-state index is 11.3. The number of carbonyl (C=O) groups is 1. The van der Waals surface area contributed by atoms with Crippen LogP contribution in [0.3, 0.4) is 0 Å². The summed E-state index contributed by atoms with van der Waals surface area (Å²) < 4.78 is 15.3. The molecule has 1 aliphatic heterocycles. The van der Waals surface area contributed by atoms with Crippen molar-refractivity contribution in [3.8, 4) is 5.75 Å². The first-order valence-corrected chi connectivity index (χ1v) is 5.49.